The van der Waals surface area contributed by atoms with E-state index in [2.05, 4.69) is 23.2 Å². The van der Waals surface area contributed by atoms with Gasteiger partial charge in [-0.15, -0.1) is 0 Å². The summed E-state index contributed by atoms with van der Waals surface area (Å²) < 4.78 is 25.7. The van der Waals surface area contributed by atoms with Gasteiger partial charge in [0.15, 0.2) is 0 Å². The summed E-state index contributed by atoms with van der Waals surface area (Å²) in [5, 5.41) is 0. The van der Waals surface area contributed by atoms with E-state index in [0.717, 1.165) is 23.7 Å². The van der Waals surface area contributed by atoms with E-state index in [-0.39, 0.29) is 18.3 Å². The topological polar surface area (TPSA) is 73.7 Å². The predicted octanol–water partition coefficient (Wildman–Crippen LogP) is 4.50. The third kappa shape index (κ3) is 6.68. The van der Waals surface area contributed by atoms with Gasteiger partial charge in [-0.25, -0.2) is 9.18 Å². The van der Waals surface area contributed by atoms with E-state index in [1.807, 2.05) is 20.8 Å². The standard InChI is InChI=1S/C27H30FN3O4/c1-27(2,3)35-26(33)31-12-9-20-5-4-19(14-21(20)17-31)8-11-30-13-10-24(15-25(30)32)34-18-23-7-6-22(28)16-29-23/h4-7,10,13-16H,8-9,11-12,17-18H2,1-3H3. The Hall–Kier alpha value is -3.68. The Balaban J connectivity index is 1.35. The van der Waals surface area contributed by atoms with E-state index in [0.29, 0.717) is 37.5 Å². The van der Waals surface area contributed by atoms with Gasteiger partial charge in [-0.3, -0.25) is 9.78 Å². The van der Waals surface area contributed by atoms with E-state index in [1.54, 1.807) is 27.8 Å². The first-order valence-corrected chi connectivity index (χ1v) is 11.7. The van der Waals surface area contributed by atoms with Gasteiger partial charge in [0.05, 0.1) is 11.9 Å². The molecule has 1 aromatic carbocycles. The molecule has 1 amide bonds. The fourth-order valence-electron chi connectivity index (χ4n) is 3.91. The SMILES string of the molecule is CC(C)(C)OC(=O)N1CCc2ccc(CCn3ccc(OCc4ccc(F)cn4)cc3=O)cc2C1. The van der Waals surface area contributed by atoms with Gasteiger partial charge < -0.3 is 18.9 Å². The Morgan fingerprint density at radius 1 is 1.11 bits per heavy atom. The number of hydrogen-bond acceptors (Lipinski definition) is 5. The average molecular weight is 480 g/mol. The number of hydrogen-bond donors (Lipinski definition) is 0. The normalized spacial score (nSPS) is 13.3. The maximum atomic E-state index is 13.0. The zero-order valence-electron chi connectivity index (χ0n) is 20.3. The van der Waals surface area contributed by atoms with E-state index < -0.39 is 11.4 Å². The molecule has 2 aromatic heterocycles. The monoisotopic (exact) mass is 479 g/mol. The van der Waals surface area contributed by atoms with Gasteiger partial charge >= 0.3 is 6.09 Å². The number of rotatable bonds is 6. The molecule has 0 N–H and O–H groups in total. The Bertz CT molecular complexity index is 1250. The summed E-state index contributed by atoms with van der Waals surface area (Å²) in [4.78, 5) is 30.7. The third-order valence-corrected chi connectivity index (χ3v) is 5.72. The molecule has 3 aromatic rings. The predicted molar refractivity (Wildman–Crippen MR) is 130 cm³/mol. The number of carbonyl (C=O) groups is 1. The fraction of sp³-hybridized carbons (Fsp3) is 0.370. The molecule has 3 heterocycles. The Morgan fingerprint density at radius 3 is 2.66 bits per heavy atom. The average Bonchev–Trinajstić information content (AvgIpc) is 2.81. The summed E-state index contributed by atoms with van der Waals surface area (Å²) in [7, 11) is 0. The Kier molecular flexibility index (Phi) is 7.19. The molecule has 35 heavy (non-hydrogen) atoms. The van der Waals surface area contributed by atoms with Crippen LogP contribution in [0.25, 0.3) is 0 Å². The van der Waals surface area contributed by atoms with Crippen LogP contribution in [0.4, 0.5) is 9.18 Å². The summed E-state index contributed by atoms with van der Waals surface area (Å²) in [5.74, 6) is 0.0315. The Labute approximate surface area is 204 Å². The third-order valence-electron chi connectivity index (χ3n) is 5.72. The van der Waals surface area contributed by atoms with E-state index >= 15 is 0 Å². The molecule has 0 saturated heterocycles. The molecule has 0 fully saturated rings. The molecule has 0 unspecified atom stereocenters. The van der Waals surface area contributed by atoms with Gasteiger partial charge in [0, 0.05) is 31.9 Å². The number of fused-ring (bicyclic) bond motifs is 1. The first kappa shape index (κ1) is 24.4. The van der Waals surface area contributed by atoms with Gasteiger partial charge in [0.1, 0.15) is 23.8 Å². The van der Waals surface area contributed by atoms with Crippen molar-refractivity contribution in [3.8, 4) is 5.75 Å². The minimum atomic E-state index is -0.523. The number of amides is 1. The summed E-state index contributed by atoms with van der Waals surface area (Å²) in [6, 6.07) is 12.3. The molecule has 4 rings (SSSR count). The maximum Gasteiger partial charge on any atom is 0.410 e. The highest BCUT2D eigenvalue weighted by molar-refractivity contribution is 5.68. The van der Waals surface area contributed by atoms with Gasteiger partial charge in [0.2, 0.25) is 0 Å². The minimum absolute atomic E-state index is 0.152. The first-order valence-electron chi connectivity index (χ1n) is 11.7. The van der Waals surface area contributed by atoms with Gasteiger partial charge in [-0.1, -0.05) is 18.2 Å². The number of aromatic nitrogens is 2. The molecule has 1 aliphatic rings. The number of carbonyl (C=O) groups excluding carboxylic acids is 1. The van der Waals surface area contributed by atoms with Crippen LogP contribution in [0.3, 0.4) is 0 Å². The highest BCUT2D eigenvalue weighted by atomic mass is 19.1. The molecule has 8 heteroatoms. The van der Waals surface area contributed by atoms with Crippen molar-refractivity contribution in [1.29, 1.82) is 0 Å². The van der Waals surface area contributed by atoms with Crippen molar-refractivity contribution < 1.29 is 18.7 Å². The van der Waals surface area contributed by atoms with Gasteiger partial charge in [-0.2, -0.15) is 0 Å². The number of aryl methyl sites for hydroxylation is 2. The Morgan fingerprint density at radius 2 is 1.94 bits per heavy atom. The van der Waals surface area contributed by atoms with Crippen LogP contribution in [0.5, 0.6) is 5.75 Å². The van der Waals surface area contributed by atoms with Crippen LogP contribution >= 0.6 is 0 Å². The number of pyridine rings is 2. The zero-order valence-corrected chi connectivity index (χ0v) is 20.3. The van der Waals surface area contributed by atoms with Crippen molar-refractivity contribution in [2.45, 2.75) is 58.9 Å². The van der Waals surface area contributed by atoms with Crippen molar-refractivity contribution in [2.24, 2.45) is 0 Å². The number of benzene rings is 1. The molecule has 0 saturated carbocycles. The lowest BCUT2D eigenvalue weighted by molar-refractivity contribution is 0.0224. The fourth-order valence-corrected chi connectivity index (χ4v) is 3.91. The number of ether oxygens (including phenoxy) is 2. The molecule has 0 radical (unpaired) electrons. The highest BCUT2D eigenvalue weighted by Crippen LogP contribution is 2.23. The first-order chi connectivity index (χ1) is 16.7. The lowest BCUT2D eigenvalue weighted by Crippen LogP contribution is -2.39. The summed E-state index contributed by atoms with van der Waals surface area (Å²) in [6.07, 6.45) is 4.02. The second-order valence-electron chi connectivity index (χ2n) is 9.66. The van der Waals surface area contributed by atoms with Crippen LogP contribution in [-0.4, -0.2) is 32.7 Å². The van der Waals surface area contributed by atoms with Crippen molar-refractivity contribution in [3.63, 3.8) is 0 Å². The van der Waals surface area contributed by atoms with Crippen molar-refractivity contribution in [1.82, 2.24) is 14.5 Å². The quantitative estimate of drug-likeness (QED) is 0.521. The van der Waals surface area contributed by atoms with Crippen LogP contribution in [0.2, 0.25) is 0 Å². The van der Waals surface area contributed by atoms with Crippen LogP contribution < -0.4 is 10.3 Å². The molecule has 0 spiro atoms. The second kappa shape index (κ2) is 10.3. The van der Waals surface area contributed by atoms with Crippen LogP contribution in [0, 0.1) is 5.82 Å². The maximum absolute atomic E-state index is 13.0. The van der Waals surface area contributed by atoms with Crippen LogP contribution in [0.1, 0.15) is 43.2 Å². The molecule has 0 aliphatic carbocycles. The molecular formula is C27H30FN3O4. The lowest BCUT2D eigenvalue weighted by Gasteiger charge is -2.31. The summed E-state index contributed by atoms with van der Waals surface area (Å²) >= 11 is 0. The smallest absolute Gasteiger partial charge is 0.410 e. The van der Waals surface area contributed by atoms with Crippen molar-refractivity contribution >= 4 is 6.09 Å². The lowest BCUT2D eigenvalue weighted by atomic mass is 9.96. The molecule has 1 aliphatic heterocycles. The molecule has 7 nitrogen and oxygen atoms in total. The second-order valence-corrected chi connectivity index (χ2v) is 9.66. The zero-order chi connectivity index (χ0) is 25.0. The van der Waals surface area contributed by atoms with E-state index in [1.165, 1.54) is 17.7 Å². The van der Waals surface area contributed by atoms with E-state index in [4.69, 9.17) is 9.47 Å². The van der Waals surface area contributed by atoms with Gasteiger partial charge in [0.25, 0.3) is 5.56 Å². The minimum Gasteiger partial charge on any atom is -0.487 e. The van der Waals surface area contributed by atoms with Gasteiger partial charge in [-0.05, 0) is 68.5 Å². The van der Waals surface area contributed by atoms with Crippen molar-refractivity contribution in [2.75, 3.05) is 6.54 Å². The summed E-state index contributed by atoms with van der Waals surface area (Å²) in [5.41, 5.74) is 3.35. The summed E-state index contributed by atoms with van der Waals surface area (Å²) in [6.45, 7) is 7.43. The number of halogens is 1. The van der Waals surface area contributed by atoms with Crippen molar-refractivity contribution in [3.05, 3.63) is 93.4 Å². The largest absolute Gasteiger partial charge is 0.487 e. The highest BCUT2D eigenvalue weighted by Gasteiger charge is 2.25. The molecule has 0 atom stereocenters. The number of nitrogens with zero attached hydrogens (tertiary/aromatic N) is 3. The molecule has 184 valence electrons. The molecular weight excluding hydrogens is 449 g/mol. The van der Waals surface area contributed by atoms with Crippen LogP contribution in [-0.2, 0) is 37.3 Å². The van der Waals surface area contributed by atoms with Crippen LogP contribution in [0.15, 0.2) is 59.7 Å². The van der Waals surface area contributed by atoms with E-state index in [9.17, 15) is 14.0 Å². The molecule has 0 bridgehead atoms.